The first kappa shape index (κ1) is 16.4. The summed E-state index contributed by atoms with van der Waals surface area (Å²) in [6.07, 6.45) is 1.07. The van der Waals surface area contributed by atoms with Crippen molar-refractivity contribution in [2.45, 2.75) is 16.7 Å². The third kappa shape index (κ3) is 3.63. The van der Waals surface area contributed by atoms with Gasteiger partial charge in [-0.25, -0.2) is 16.8 Å². The minimum atomic E-state index is -3.63. The zero-order chi connectivity index (χ0) is 15.7. The average molecular weight is 332 g/mol. The van der Waals surface area contributed by atoms with Crippen molar-refractivity contribution < 1.29 is 16.8 Å². The molecule has 1 aromatic rings. The Morgan fingerprint density at radius 3 is 2.10 bits per heavy atom. The molecule has 0 aromatic heterocycles. The lowest BCUT2D eigenvalue weighted by Gasteiger charge is -2.33. The lowest BCUT2D eigenvalue weighted by atomic mass is 10.4. The summed E-state index contributed by atoms with van der Waals surface area (Å²) in [6.45, 7) is 5.19. The number of nitrogens with zero attached hydrogens (tertiary/aromatic N) is 2. The van der Waals surface area contributed by atoms with Crippen LogP contribution in [0.15, 0.2) is 34.1 Å². The molecule has 21 heavy (non-hydrogen) atoms. The summed E-state index contributed by atoms with van der Waals surface area (Å²) in [6, 6.07) is 5.54. The average Bonchev–Trinajstić information content (AvgIpc) is 2.46. The van der Waals surface area contributed by atoms with Gasteiger partial charge in [-0.3, -0.25) is 0 Å². The molecule has 8 heteroatoms. The van der Waals surface area contributed by atoms with Crippen LogP contribution < -0.4 is 0 Å². The molecule has 0 spiro atoms. The standard InChI is InChI=1S/C13H20N2O4S2/c1-3-14-7-9-15(10-8-14)21(18,19)13-6-4-5-12(11-13)20(2,16)17/h4-6,11H,3,7-10H2,1-2H3. The predicted octanol–water partition coefficient (Wildman–Crippen LogP) is 0.416. The summed E-state index contributed by atoms with van der Waals surface area (Å²) >= 11 is 0. The lowest BCUT2D eigenvalue weighted by Crippen LogP contribution is -2.48. The molecule has 1 saturated heterocycles. The number of sulfone groups is 1. The summed E-state index contributed by atoms with van der Waals surface area (Å²) < 4.78 is 49.7. The largest absolute Gasteiger partial charge is 0.301 e. The third-order valence-corrected chi connectivity index (χ3v) is 6.65. The van der Waals surface area contributed by atoms with Crippen LogP contribution in [0.1, 0.15) is 6.92 Å². The molecule has 0 amide bonds. The number of benzene rings is 1. The van der Waals surface area contributed by atoms with E-state index in [1.54, 1.807) is 0 Å². The topological polar surface area (TPSA) is 74.8 Å². The van der Waals surface area contributed by atoms with E-state index in [0.29, 0.717) is 26.2 Å². The third-order valence-electron chi connectivity index (χ3n) is 3.65. The van der Waals surface area contributed by atoms with Gasteiger partial charge in [0.15, 0.2) is 9.84 Å². The van der Waals surface area contributed by atoms with Gasteiger partial charge in [-0.15, -0.1) is 0 Å². The number of sulfonamides is 1. The minimum absolute atomic E-state index is 0.0239. The van der Waals surface area contributed by atoms with E-state index in [0.717, 1.165) is 12.8 Å². The Hall–Kier alpha value is -0.960. The molecule has 6 nitrogen and oxygen atoms in total. The molecule has 1 aromatic carbocycles. The highest BCUT2D eigenvalue weighted by Crippen LogP contribution is 2.20. The van der Waals surface area contributed by atoms with Gasteiger partial charge >= 0.3 is 0 Å². The molecular weight excluding hydrogens is 312 g/mol. The zero-order valence-electron chi connectivity index (χ0n) is 12.2. The van der Waals surface area contributed by atoms with E-state index >= 15 is 0 Å². The van der Waals surface area contributed by atoms with Gasteiger partial charge in [0.25, 0.3) is 0 Å². The molecule has 1 aliphatic heterocycles. The first-order chi connectivity index (χ1) is 9.75. The van der Waals surface area contributed by atoms with Crippen LogP contribution in [0.3, 0.4) is 0 Å². The van der Waals surface area contributed by atoms with Crippen LogP contribution in [0.4, 0.5) is 0 Å². The highest BCUT2D eigenvalue weighted by molar-refractivity contribution is 7.91. The summed E-state index contributed by atoms with van der Waals surface area (Å²) in [5, 5.41) is 0. The van der Waals surface area contributed by atoms with E-state index in [2.05, 4.69) is 4.90 Å². The second-order valence-electron chi connectivity index (χ2n) is 5.09. The van der Waals surface area contributed by atoms with Crippen LogP contribution in [-0.2, 0) is 19.9 Å². The van der Waals surface area contributed by atoms with E-state index in [1.165, 1.54) is 28.6 Å². The van der Waals surface area contributed by atoms with Crippen molar-refractivity contribution in [1.82, 2.24) is 9.21 Å². The number of hydrogen-bond acceptors (Lipinski definition) is 5. The number of likely N-dealkylation sites (N-methyl/N-ethyl adjacent to an activating group) is 1. The molecule has 1 fully saturated rings. The van der Waals surface area contributed by atoms with E-state index in [4.69, 9.17) is 0 Å². The molecule has 0 bridgehead atoms. The van der Waals surface area contributed by atoms with Crippen molar-refractivity contribution in [3.8, 4) is 0 Å². The van der Waals surface area contributed by atoms with Crippen LogP contribution in [0.25, 0.3) is 0 Å². The van der Waals surface area contributed by atoms with E-state index < -0.39 is 19.9 Å². The Morgan fingerprint density at radius 1 is 1.00 bits per heavy atom. The van der Waals surface area contributed by atoms with Gasteiger partial charge in [0.05, 0.1) is 9.79 Å². The highest BCUT2D eigenvalue weighted by Gasteiger charge is 2.28. The molecule has 0 radical (unpaired) electrons. The summed E-state index contributed by atoms with van der Waals surface area (Å²) in [5.74, 6) is 0. The Morgan fingerprint density at radius 2 is 1.57 bits per heavy atom. The monoisotopic (exact) mass is 332 g/mol. The van der Waals surface area contributed by atoms with Crippen molar-refractivity contribution in [3.05, 3.63) is 24.3 Å². The molecule has 118 valence electrons. The maximum Gasteiger partial charge on any atom is 0.243 e. The normalized spacial score (nSPS) is 18.8. The molecule has 0 atom stereocenters. The zero-order valence-corrected chi connectivity index (χ0v) is 13.8. The first-order valence-corrected chi connectivity index (χ1v) is 10.1. The SMILES string of the molecule is CCN1CCN(S(=O)(=O)c2cccc(S(C)(=O)=O)c2)CC1. The van der Waals surface area contributed by atoms with Gasteiger partial charge in [-0.05, 0) is 24.7 Å². The molecule has 0 saturated carbocycles. The van der Waals surface area contributed by atoms with E-state index in [1.807, 2.05) is 6.92 Å². The lowest BCUT2D eigenvalue weighted by molar-refractivity contribution is 0.196. The van der Waals surface area contributed by atoms with Crippen LogP contribution >= 0.6 is 0 Å². The van der Waals surface area contributed by atoms with Gasteiger partial charge < -0.3 is 4.90 Å². The van der Waals surface area contributed by atoms with Gasteiger partial charge in [0.1, 0.15) is 0 Å². The smallest absolute Gasteiger partial charge is 0.243 e. The fraction of sp³-hybridized carbons (Fsp3) is 0.538. The molecule has 0 aliphatic carbocycles. The number of piperazine rings is 1. The van der Waals surface area contributed by atoms with Crippen molar-refractivity contribution >= 4 is 19.9 Å². The Balaban J connectivity index is 2.29. The molecule has 0 N–H and O–H groups in total. The van der Waals surface area contributed by atoms with Gasteiger partial charge in [0.2, 0.25) is 10.0 Å². The summed E-state index contributed by atoms with van der Waals surface area (Å²) in [7, 11) is -7.05. The van der Waals surface area contributed by atoms with Gasteiger partial charge in [-0.2, -0.15) is 4.31 Å². The maximum atomic E-state index is 12.6. The predicted molar refractivity (Wildman–Crippen MR) is 80.4 cm³/mol. The fourth-order valence-electron chi connectivity index (χ4n) is 2.30. The van der Waals surface area contributed by atoms with E-state index in [-0.39, 0.29) is 9.79 Å². The number of rotatable bonds is 4. The molecule has 2 rings (SSSR count). The Kier molecular flexibility index (Phi) is 4.72. The quantitative estimate of drug-likeness (QED) is 0.799. The van der Waals surface area contributed by atoms with Crippen molar-refractivity contribution in [2.75, 3.05) is 39.0 Å². The van der Waals surface area contributed by atoms with Crippen LogP contribution in [0.5, 0.6) is 0 Å². The summed E-state index contributed by atoms with van der Waals surface area (Å²) in [4.78, 5) is 2.24. The van der Waals surface area contributed by atoms with Crippen molar-refractivity contribution in [3.63, 3.8) is 0 Å². The van der Waals surface area contributed by atoms with Crippen LogP contribution in [0, 0.1) is 0 Å². The Bertz CT molecular complexity index is 705. The highest BCUT2D eigenvalue weighted by atomic mass is 32.2. The molecule has 1 heterocycles. The second-order valence-corrected chi connectivity index (χ2v) is 9.04. The van der Waals surface area contributed by atoms with Crippen LogP contribution in [-0.4, -0.2) is 65.0 Å². The first-order valence-electron chi connectivity index (χ1n) is 6.78. The minimum Gasteiger partial charge on any atom is -0.301 e. The molecular formula is C13H20N2O4S2. The summed E-state index contributed by atoms with van der Waals surface area (Å²) in [5.41, 5.74) is 0. The van der Waals surface area contributed by atoms with Crippen molar-refractivity contribution in [2.24, 2.45) is 0 Å². The number of hydrogen-bond donors (Lipinski definition) is 0. The molecule has 1 aliphatic rings. The maximum absolute atomic E-state index is 12.6. The van der Waals surface area contributed by atoms with Gasteiger partial charge in [-0.1, -0.05) is 13.0 Å². The van der Waals surface area contributed by atoms with Crippen molar-refractivity contribution in [1.29, 1.82) is 0 Å². The Labute approximate surface area is 126 Å². The van der Waals surface area contributed by atoms with Crippen LogP contribution in [0.2, 0.25) is 0 Å². The van der Waals surface area contributed by atoms with E-state index in [9.17, 15) is 16.8 Å². The second kappa shape index (κ2) is 6.04. The van der Waals surface area contributed by atoms with Gasteiger partial charge in [0, 0.05) is 32.4 Å². The fourth-order valence-corrected chi connectivity index (χ4v) is 4.51. The molecule has 0 unspecified atom stereocenters.